The van der Waals surface area contributed by atoms with Crippen LogP contribution in [0.1, 0.15) is 11.1 Å². The van der Waals surface area contributed by atoms with E-state index in [1.807, 2.05) is 24.3 Å². The number of benzene rings is 3. The van der Waals surface area contributed by atoms with Crippen LogP contribution in [0.5, 0.6) is 34.6 Å². The molecule has 4 aromatic rings. The van der Waals surface area contributed by atoms with E-state index in [-0.39, 0.29) is 5.56 Å². The van der Waals surface area contributed by atoms with E-state index < -0.39 is 0 Å². The van der Waals surface area contributed by atoms with Crippen molar-refractivity contribution in [2.75, 3.05) is 21.3 Å². The Morgan fingerprint density at radius 2 is 1.58 bits per heavy atom. The largest absolute Gasteiger partial charge is 0.497 e. The van der Waals surface area contributed by atoms with Crippen LogP contribution in [0, 0.1) is 11.3 Å². The van der Waals surface area contributed by atoms with E-state index in [9.17, 15) is 5.26 Å². The molecule has 1 aromatic heterocycles. The van der Waals surface area contributed by atoms with E-state index in [1.54, 1.807) is 44.6 Å². The fraction of sp³-hybridized carbons (Fsp3) is 0.160. The van der Waals surface area contributed by atoms with Gasteiger partial charge in [-0.05, 0) is 42.0 Å². The van der Waals surface area contributed by atoms with Crippen molar-refractivity contribution in [3.63, 3.8) is 0 Å². The third-order valence-corrected chi connectivity index (χ3v) is 4.89. The van der Waals surface area contributed by atoms with Crippen LogP contribution in [0.2, 0.25) is 0 Å². The highest BCUT2D eigenvalue weighted by atomic mass is 16.5. The zero-order valence-electron chi connectivity index (χ0n) is 18.4. The van der Waals surface area contributed by atoms with Gasteiger partial charge in [0.05, 0.1) is 33.0 Å². The molecule has 0 atom stereocenters. The van der Waals surface area contributed by atoms with Crippen LogP contribution in [0.3, 0.4) is 0 Å². The maximum Gasteiger partial charge on any atom is 0.232 e. The van der Waals surface area contributed by atoms with Gasteiger partial charge in [-0.15, -0.1) is 0 Å². The van der Waals surface area contributed by atoms with Gasteiger partial charge >= 0.3 is 0 Å². The van der Waals surface area contributed by atoms with E-state index in [4.69, 9.17) is 23.7 Å². The van der Waals surface area contributed by atoms with Gasteiger partial charge in [0.25, 0.3) is 0 Å². The molecule has 0 aliphatic carbocycles. The lowest BCUT2D eigenvalue weighted by atomic mass is 10.1. The minimum atomic E-state index is 0.262. The fourth-order valence-electron chi connectivity index (χ4n) is 3.17. The van der Waals surface area contributed by atoms with Crippen LogP contribution in [0.4, 0.5) is 0 Å². The highest BCUT2D eigenvalue weighted by molar-refractivity contribution is 5.84. The van der Waals surface area contributed by atoms with Crippen molar-refractivity contribution >= 4 is 11.0 Å². The molecule has 0 radical (unpaired) electrons. The molecule has 0 saturated heterocycles. The molecule has 0 unspecified atom stereocenters. The molecule has 0 amide bonds. The number of methoxy groups -OCH3 is 3. The molecule has 4 rings (SSSR count). The van der Waals surface area contributed by atoms with Crippen LogP contribution < -0.4 is 23.7 Å². The highest BCUT2D eigenvalue weighted by Gasteiger charge is 2.14. The molecule has 33 heavy (non-hydrogen) atoms. The highest BCUT2D eigenvalue weighted by Crippen LogP contribution is 2.36. The topological polar surface area (TPSA) is 95.7 Å². The summed E-state index contributed by atoms with van der Waals surface area (Å²) < 4.78 is 27.7. The molecule has 0 bridgehead atoms. The van der Waals surface area contributed by atoms with Crippen molar-refractivity contribution in [3.05, 3.63) is 71.9 Å². The number of nitrogens with zero attached hydrogens (tertiary/aromatic N) is 3. The second kappa shape index (κ2) is 9.75. The third kappa shape index (κ3) is 4.72. The normalized spacial score (nSPS) is 10.4. The lowest BCUT2D eigenvalue weighted by Crippen LogP contribution is -1.99. The summed E-state index contributed by atoms with van der Waals surface area (Å²) in [5.74, 6) is 3.00. The van der Waals surface area contributed by atoms with Crippen molar-refractivity contribution in [2.45, 2.75) is 6.61 Å². The predicted molar refractivity (Wildman–Crippen MR) is 121 cm³/mol. The Labute approximate surface area is 190 Å². The van der Waals surface area contributed by atoms with E-state index in [2.05, 4.69) is 16.0 Å². The number of hydrogen-bond donors (Lipinski definition) is 0. The van der Waals surface area contributed by atoms with Gasteiger partial charge in [-0.2, -0.15) is 5.26 Å². The third-order valence-electron chi connectivity index (χ3n) is 4.89. The smallest absolute Gasteiger partial charge is 0.232 e. The van der Waals surface area contributed by atoms with Gasteiger partial charge in [-0.1, -0.05) is 12.1 Å². The van der Waals surface area contributed by atoms with Crippen LogP contribution in [0.15, 0.2) is 60.8 Å². The fourth-order valence-corrected chi connectivity index (χ4v) is 3.17. The minimum absolute atomic E-state index is 0.262. The number of aromatic nitrogens is 2. The first-order chi connectivity index (χ1) is 16.1. The van der Waals surface area contributed by atoms with Gasteiger partial charge < -0.3 is 23.7 Å². The zero-order chi connectivity index (χ0) is 23.2. The second-order valence-electron chi connectivity index (χ2n) is 6.88. The Balaban J connectivity index is 1.56. The molecule has 0 N–H and O–H groups in total. The Morgan fingerprint density at radius 3 is 2.27 bits per heavy atom. The first-order valence-electron chi connectivity index (χ1n) is 10.0. The summed E-state index contributed by atoms with van der Waals surface area (Å²) >= 11 is 0. The molecule has 0 aliphatic heterocycles. The summed E-state index contributed by atoms with van der Waals surface area (Å²) in [6.07, 6.45) is 1.50. The average Bonchev–Trinajstić information content (AvgIpc) is 2.87. The van der Waals surface area contributed by atoms with E-state index in [0.717, 1.165) is 11.3 Å². The van der Waals surface area contributed by atoms with Gasteiger partial charge in [0.15, 0.2) is 11.5 Å². The number of ether oxygens (including phenoxy) is 5. The number of fused-ring (bicyclic) bond motifs is 1. The van der Waals surface area contributed by atoms with Gasteiger partial charge in [-0.25, -0.2) is 9.97 Å². The number of hydrogen-bond acceptors (Lipinski definition) is 8. The van der Waals surface area contributed by atoms with E-state index in [1.165, 1.54) is 13.3 Å². The molecular weight excluding hydrogens is 422 g/mol. The lowest BCUT2D eigenvalue weighted by molar-refractivity contribution is 0.283. The van der Waals surface area contributed by atoms with Crippen molar-refractivity contribution in [1.82, 2.24) is 9.97 Å². The number of nitriles is 1. The maximum absolute atomic E-state index is 9.72. The van der Waals surface area contributed by atoms with Crippen LogP contribution in [0.25, 0.3) is 11.0 Å². The molecule has 8 nitrogen and oxygen atoms in total. The zero-order valence-corrected chi connectivity index (χ0v) is 18.4. The molecule has 0 saturated carbocycles. The molecular formula is C25H21N3O5. The molecule has 0 aliphatic rings. The standard InChI is InChI=1S/C25H21N3O5/c1-29-17-6-4-16(5-7-17)15-32-22-10-8-18(12-23(22)30-2)33-21-11-9-20-25(19(21)13-26)28-24(31-3)14-27-20/h4-12,14H,15H2,1-3H3. The van der Waals surface area contributed by atoms with E-state index >= 15 is 0 Å². The molecule has 8 heteroatoms. The van der Waals surface area contributed by atoms with Crippen LogP contribution in [-0.4, -0.2) is 31.3 Å². The van der Waals surface area contributed by atoms with Gasteiger partial charge in [0, 0.05) is 6.07 Å². The predicted octanol–water partition coefficient (Wildman–Crippen LogP) is 4.90. The van der Waals surface area contributed by atoms with E-state index in [0.29, 0.717) is 46.5 Å². The second-order valence-corrected chi connectivity index (χ2v) is 6.88. The average molecular weight is 443 g/mol. The lowest BCUT2D eigenvalue weighted by Gasteiger charge is -2.14. The van der Waals surface area contributed by atoms with Crippen molar-refractivity contribution in [1.29, 1.82) is 5.26 Å². The number of rotatable bonds is 8. The molecule has 166 valence electrons. The summed E-state index contributed by atoms with van der Waals surface area (Å²) in [5.41, 5.74) is 2.22. The summed E-state index contributed by atoms with van der Waals surface area (Å²) in [6.45, 7) is 0.365. The van der Waals surface area contributed by atoms with Gasteiger partial charge in [0.2, 0.25) is 5.88 Å². The minimum Gasteiger partial charge on any atom is -0.497 e. The molecule has 0 spiro atoms. The monoisotopic (exact) mass is 443 g/mol. The SMILES string of the molecule is COc1ccc(COc2ccc(Oc3ccc4ncc(OC)nc4c3C#N)cc2OC)cc1. The summed E-state index contributed by atoms with van der Waals surface area (Å²) in [4.78, 5) is 8.60. The summed E-state index contributed by atoms with van der Waals surface area (Å²) in [7, 11) is 4.67. The van der Waals surface area contributed by atoms with Crippen molar-refractivity contribution in [2.24, 2.45) is 0 Å². The molecule has 0 fully saturated rings. The summed E-state index contributed by atoms with van der Waals surface area (Å²) in [5, 5.41) is 9.72. The van der Waals surface area contributed by atoms with Gasteiger partial charge in [-0.3, -0.25) is 0 Å². The Hall–Kier alpha value is -4.51. The van der Waals surface area contributed by atoms with Crippen molar-refractivity contribution in [3.8, 4) is 40.7 Å². The van der Waals surface area contributed by atoms with Crippen molar-refractivity contribution < 1.29 is 23.7 Å². The molecule has 1 heterocycles. The first-order valence-corrected chi connectivity index (χ1v) is 10.0. The molecule has 3 aromatic carbocycles. The summed E-state index contributed by atoms with van der Waals surface area (Å²) in [6, 6.07) is 18.4. The van der Waals surface area contributed by atoms with Crippen LogP contribution in [-0.2, 0) is 6.61 Å². The Bertz CT molecular complexity index is 1320. The van der Waals surface area contributed by atoms with Crippen LogP contribution >= 0.6 is 0 Å². The quantitative estimate of drug-likeness (QED) is 0.379. The maximum atomic E-state index is 9.72. The Kier molecular flexibility index (Phi) is 6.41. The first kappa shape index (κ1) is 21.7. The van der Waals surface area contributed by atoms with Gasteiger partial charge in [0.1, 0.15) is 41.0 Å². The Morgan fingerprint density at radius 1 is 0.818 bits per heavy atom.